The van der Waals surface area contributed by atoms with Crippen molar-refractivity contribution in [1.29, 1.82) is 0 Å². The van der Waals surface area contributed by atoms with Gasteiger partial charge >= 0.3 is 0 Å². The van der Waals surface area contributed by atoms with Crippen molar-refractivity contribution in [2.75, 3.05) is 13.7 Å². The molecule has 3 aromatic rings. The minimum atomic E-state index is -0.508. The second-order valence-corrected chi connectivity index (χ2v) is 5.72. The van der Waals surface area contributed by atoms with Gasteiger partial charge in [0.2, 0.25) is 5.43 Å². The van der Waals surface area contributed by atoms with Crippen LogP contribution in [0.15, 0.2) is 57.9 Å². The number of benzene rings is 2. The van der Waals surface area contributed by atoms with Crippen LogP contribution in [-0.2, 0) is 11.2 Å². The quantitative estimate of drug-likeness (QED) is 0.722. The molecule has 0 spiro atoms. The first-order valence-corrected chi connectivity index (χ1v) is 8.20. The first-order valence-electron chi connectivity index (χ1n) is 8.20. The fraction of sp³-hybridized carbons (Fsp3) is 0.143. The Bertz CT molecular complexity index is 1090. The lowest BCUT2D eigenvalue weighted by molar-refractivity contribution is -0.115. The molecule has 0 unspecified atom stereocenters. The lowest BCUT2D eigenvalue weighted by atomic mass is 10.1. The summed E-state index contributed by atoms with van der Waals surface area (Å²) in [6, 6.07) is 10.9. The number of hydrogen-bond donors (Lipinski definition) is 1. The van der Waals surface area contributed by atoms with E-state index >= 15 is 0 Å². The molecule has 6 heteroatoms. The normalized spacial score (nSPS) is 10.1. The molecule has 0 saturated heterocycles. The van der Waals surface area contributed by atoms with Crippen molar-refractivity contribution in [3.05, 3.63) is 75.9 Å². The van der Waals surface area contributed by atoms with E-state index in [1.165, 1.54) is 25.5 Å². The van der Waals surface area contributed by atoms with Gasteiger partial charge in [-0.15, -0.1) is 0 Å². The third-order valence-electron chi connectivity index (χ3n) is 3.90. The Kier molecular flexibility index (Phi) is 5.53. The molecular formula is C21H16FNO4. The maximum Gasteiger partial charge on any atom is 0.296 e. The highest BCUT2D eigenvalue weighted by molar-refractivity contribution is 5.94. The first kappa shape index (κ1) is 18.2. The van der Waals surface area contributed by atoms with E-state index in [0.29, 0.717) is 29.7 Å². The molecule has 1 aromatic heterocycles. The SMILES string of the molecule is COc1ccc2c(=O)c(C#CC(=O)NCCc3ccc(F)cc3)coc2c1. The molecule has 27 heavy (non-hydrogen) atoms. The maximum absolute atomic E-state index is 12.8. The highest BCUT2D eigenvalue weighted by Crippen LogP contribution is 2.18. The van der Waals surface area contributed by atoms with E-state index in [4.69, 9.17) is 9.15 Å². The van der Waals surface area contributed by atoms with Crippen LogP contribution >= 0.6 is 0 Å². The van der Waals surface area contributed by atoms with Crippen molar-refractivity contribution in [2.45, 2.75) is 6.42 Å². The van der Waals surface area contributed by atoms with Gasteiger partial charge in [0.15, 0.2) is 0 Å². The van der Waals surface area contributed by atoms with Crippen LogP contribution in [0.2, 0.25) is 0 Å². The zero-order valence-electron chi connectivity index (χ0n) is 14.5. The standard InChI is InChI=1S/C21H16FNO4/c1-26-17-7-8-18-19(12-17)27-13-15(21(18)25)4-9-20(24)23-11-10-14-2-5-16(22)6-3-14/h2-3,5-8,12-13H,10-11H2,1H3,(H,23,24). The Morgan fingerprint density at radius 3 is 2.74 bits per heavy atom. The molecule has 136 valence electrons. The molecule has 0 atom stereocenters. The second kappa shape index (κ2) is 8.19. The van der Waals surface area contributed by atoms with Crippen molar-refractivity contribution < 1.29 is 18.3 Å². The summed E-state index contributed by atoms with van der Waals surface area (Å²) in [6.45, 7) is 0.352. The van der Waals surface area contributed by atoms with Gasteiger partial charge in [0, 0.05) is 18.5 Å². The summed E-state index contributed by atoms with van der Waals surface area (Å²) in [5.41, 5.74) is 1.07. The van der Waals surface area contributed by atoms with Crippen LogP contribution in [0.5, 0.6) is 5.75 Å². The molecule has 0 aliphatic carbocycles. The van der Waals surface area contributed by atoms with Gasteiger partial charge in [-0.1, -0.05) is 12.1 Å². The van der Waals surface area contributed by atoms with E-state index in [9.17, 15) is 14.0 Å². The van der Waals surface area contributed by atoms with Crippen LogP contribution in [0.3, 0.4) is 0 Å². The summed E-state index contributed by atoms with van der Waals surface area (Å²) in [5, 5.41) is 2.99. The molecule has 0 aliphatic rings. The largest absolute Gasteiger partial charge is 0.497 e. The van der Waals surface area contributed by atoms with Crippen LogP contribution in [-0.4, -0.2) is 19.6 Å². The number of amides is 1. The molecule has 2 aromatic carbocycles. The number of carbonyl (C=O) groups is 1. The van der Waals surface area contributed by atoms with Gasteiger partial charge in [-0.25, -0.2) is 4.39 Å². The van der Waals surface area contributed by atoms with E-state index in [2.05, 4.69) is 17.2 Å². The fourth-order valence-corrected chi connectivity index (χ4v) is 2.46. The number of ether oxygens (including phenoxy) is 1. The number of hydrogen-bond acceptors (Lipinski definition) is 4. The Labute approximate surface area is 154 Å². The molecule has 3 rings (SSSR count). The van der Waals surface area contributed by atoms with Gasteiger partial charge in [0.05, 0.1) is 12.5 Å². The molecule has 0 aliphatic heterocycles. The number of carbonyl (C=O) groups excluding carboxylic acids is 1. The molecule has 1 heterocycles. The van der Waals surface area contributed by atoms with Crippen molar-refractivity contribution in [3.63, 3.8) is 0 Å². The molecule has 0 radical (unpaired) electrons. The zero-order valence-corrected chi connectivity index (χ0v) is 14.5. The molecule has 0 saturated carbocycles. The van der Waals surface area contributed by atoms with Crippen molar-refractivity contribution >= 4 is 16.9 Å². The molecule has 1 N–H and O–H groups in total. The minimum Gasteiger partial charge on any atom is -0.497 e. The third kappa shape index (κ3) is 4.53. The average molecular weight is 365 g/mol. The summed E-state index contributed by atoms with van der Waals surface area (Å²) in [5.74, 6) is 4.68. The Morgan fingerprint density at radius 2 is 2.00 bits per heavy atom. The predicted octanol–water partition coefficient (Wildman–Crippen LogP) is 2.65. The lowest BCUT2D eigenvalue weighted by Gasteiger charge is -2.02. The van der Waals surface area contributed by atoms with Crippen LogP contribution in [0, 0.1) is 17.7 Å². The Balaban J connectivity index is 1.65. The third-order valence-corrected chi connectivity index (χ3v) is 3.90. The second-order valence-electron chi connectivity index (χ2n) is 5.72. The van der Waals surface area contributed by atoms with Crippen LogP contribution < -0.4 is 15.5 Å². The monoisotopic (exact) mass is 365 g/mol. The molecule has 1 amide bonds. The van der Waals surface area contributed by atoms with E-state index < -0.39 is 5.91 Å². The average Bonchev–Trinajstić information content (AvgIpc) is 2.68. The first-order chi connectivity index (χ1) is 13.1. The Morgan fingerprint density at radius 1 is 1.22 bits per heavy atom. The number of fused-ring (bicyclic) bond motifs is 1. The fourth-order valence-electron chi connectivity index (χ4n) is 2.46. The Hall–Kier alpha value is -3.59. The number of methoxy groups -OCH3 is 1. The molecule has 5 nitrogen and oxygen atoms in total. The number of rotatable bonds is 4. The van der Waals surface area contributed by atoms with Gasteiger partial charge < -0.3 is 14.5 Å². The summed E-state index contributed by atoms with van der Waals surface area (Å²) >= 11 is 0. The van der Waals surface area contributed by atoms with Crippen LogP contribution in [0.4, 0.5) is 4.39 Å². The van der Waals surface area contributed by atoms with Crippen molar-refractivity contribution in [3.8, 4) is 17.6 Å². The van der Waals surface area contributed by atoms with Gasteiger partial charge in [-0.05, 0) is 42.2 Å². The van der Waals surface area contributed by atoms with Gasteiger partial charge in [-0.3, -0.25) is 9.59 Å². The molecule has 0 bridgehead atoms. The van der Waals surface area contributed by atoms with Crippen molar-refractivity contribution in [1.82, 2.24) is 5.32 Å². The summed E-state index contributed by atoms with van der Waals surface area (Å²) in [4.78, 5) is 24.2. The number of halogens is 1. The topological polar surface area (TPSA) is 68.5 Å². The molecule has 0 fully saturated rings. The van der Waals surface area contributed by atoms with Crippen LogP contribution in [0.1, 0.15) is 11.1 Å². The van der Waals surface area contributed by atoms with E-state index in [-0.39, 0.29) is 16.8 Å². The molecular weight excluding hydrogens is 349 g/mol. The van der Waals surface area contributed by atoms with E-state index in [1.54, 1.807) is 30.3 Å². The smallest absolute Gasteiger partial charge is 0.296 e. The number of nitrogens with one attached hydrogen (secondary N) is 1. The van der Waals surface area contributed by atoms with Crippen LogP contribution in [0.25, 0.3) is 11.0 Å². The van der Waals surface area contributed by atoms with E-state index in [1.807, 2.05) is 0 Å². The van der Waals surface area contributed by atoms with E-state index in [0.717, 1.165) is 5.56 Å². The van der Waals surface area contributed by atoms with Gasteiger partial charge in [0.1, 0.15) is 29.0 Å². The maximum atomic E-state index is 12.8. The highest BCUT2D eigenvalue weighted by atomic mass is 19.1. The van der Waals surface area contributed by atoms with Crippen molar-refractivity contribution in [2.24, 2.45) is 0 Å². The zero-order chi connectivity index (χ0) is 19.2. The van der Waals surface area contributed by atoms with Gasteiger partial charge in [-0.2, -0.15) is 0 Å². The summed E-state index contributed by atoms with van der Waals surface area (Å²) < 4.78 is 23.3. The lowest BCUT2D eigenvalue weighted by Crippen LogP contribution is -2.24. The summed E-state index contributed by atoms with van der Waals surface area (Å²) in [7, 11) is 1.52. The summed E-state index contributed by atoms with van der Waals surface area (Å²) in [6.07, 6.45) is 1.77. The van der Waals surface area contributed by atoms with Gasteiger partial charge in [0.25, 0.3) is 5.91 Å². The highest BCUT2D eigenvalue weighted by Gasteiger charge is 2.06. The predicted molar refractivity (Wildman–Crippen MR) is 99.0 cm³/mol. The minimum absolute atomic E-state index is 0.0985.